The zero-order chi connectivity index (χ0) is 11.8. The third kappa shape index (κ3) is 1.76. The van der Waals surface area contributed by atoms with E-state index in [0.717, 1.165) is 36.3 Å². The van der Waals surface area contributed by atoms with E-state index in [2.05, 4.69) is 30.3 Å². The third-order valence-corrected chi connectivity index (χ3v) is 3.47. The Morgan fingerprint density at radius 2 is 2.29 bits per heavy atom. The van der Waals surface area contributed by atoms with E-state index in [9.17, 15) is 0 Å². The summed E-state index contributed by atoms with van der Waals surface area (Å²) in [6, 6.07) is 8.63. The highest BCUT2D eigenvalue weighted by Crippen LogP contribution is 2.32. The molecule has 0 saturated carbocycles. The molecule has 3 rings (SSSR count). The maximum Gasteiger partial charge on any atom is 0.137 e. The lowest BCUT2D eigenvalue weighted by molar-refractivity contribution is 0.389. The van der Waals surface area contributed by atoms with Crippen molar-refractivity contribution < 1.29 is 4.52 Å². The molecule has 1 aliphatic rings. The van der Waals surface area contributed by atoms with Gasteiger partial charge in [-0.15, -0.1) is 0 Å². The molecule has 0 bridgehead atoms. The molecule has 1 aromatic carbocycles. The monoisotopic (exact) mass is 228 g/mol. The standard InChI is InChI=1S/C14H16N2O/c1-2-11-8-14(16-17-11)10-3-5-12-9(7-10)4-6-13(12)15/h3,5,7-8,13H,2,4,6,15H2,1H3. The fraction of sp³-hybridized carbons (Fsp3) is 0.357. The molecule has 0 fully saturated rings. The van der Waals surface area contributed by atoms with Gasteiger partial charge in [-0.2, -0.15) is 0 Å². The van der Waals surface area contributed by atoms with E-state index in [-0.39, 0.29) is 6.04 Å². The summed E-state index contributed by atoms with van der Waals surface area (Å²) in [5.74, 6) is 0.928. The van der Waals surface area contributed by atoms with E-state index in [4.69, 9.17) is 10.3 Å². The van der Waals surface area contributed by atoms with E-state index in [1.165, 1.54) is 11.1 Å². The molecule has 1 aliphatic carbocycles. The average molecular weight is 228 g/mol. The number of aromatic nitrogens is 1. The summed E-state index contributed by atoms with van der Waals surface area (Å²) in [4.78, 5) is 0. The number of aryl methyl sites for hydroxylation is 2. The van der Waals surface area contributed by atoms with Crippen molar-refractivity contribution in [3.63, 3.8) is 0 Å². The number of nitrogens with two attached hydrogens (primary N) is 1. The van der Waals surface area contributed by atoms with Crippen molar-refractivity contribution in [1.29, 1.82) is 0 Å². The summed E-state index contributed by atoms with van der Waals surface area (Å²) in [5, 5.41) is 4.10. The first-order valence-electron chi connectivity index (χ1n) is 6.12. The molecule has 0 spiro atoms. The lowest BCUT2D eigenvalue weighted by atomic mass is 10.0. The number of hydrogen-bond donors (Lipinski definition) is 1. The predicted octanol–water partition coefficient (Wildman–Crippen LogP) is 2.85. The summed E-state index contributed by atoms with van der Waals surface area (Å²) in [5.41, 5.74) is 10.7. The van der Waals surface area contributed by atoms with E-state index in [1.54, 1.807) is 0 Å². The molecule has 1 heterocycles. The van der Waals surface area contributed by atoms with Crippen LogP contribution in [0.25, 0.3) is 11.3 Å². The summed E-state index contributed by atoms with van der Waals surface area (Å²) in [7, 11) is 0. The highest BCUT2D eigenvalue weighted by molar-refractivity contribution is 5.61. The van der Waals surface area contributed by atoms with Crippen LogP contribution >= 0.6 is 0 Å². The maximum absolute atomic E-state index is 6.03. The van der Waals surface area contributed by atoms with E-state index < -0.39 is 0 Å². The Morgan fingerprint density at radius 1 is 1.41 bits per heavy atom. The van der Waals surface area contributed by atoms with Crippen LogP contribution in [0.3, 0.4) is 0 Å². The Hall–Kier alpha value is -1.61. The van der Waals surface area contributed by atoms with Crippen LogP contribution in [0.1, 0.15) is 36.3 Å². The maximum atomic E-state index is 6.03. The van der Waals surface area contributed by atoms with Crippen LogP contribution in [-0.2, 0) is 12.8 Å². The smallest absolute Gasteiger partial charge is 0.137 e. The highest BCUT2D eigenvalue weighted by atomic mass is 16.5. The first kappa shape index (κ1) is 10.5. The van der Waals surface area contributed by atoms with Crippen LogP contribution in [0, 0.1) is 0 Å². The van der Waals surface area contributed by atoms with Gasteiger partial charge in [0, 0.05) is 24.1 Å². The van der Waals surface area contributed by atoms with Crippen molar-refractivity contribution in [2.45, 2.75) is 32.2 Å². The molecule has 0 amide bonds. The first-order valence-corrected chi connectivity index (χ1v) is 6.12. The second kappa shape index (κ2) is 4.00. The quantitative estimate of drug-likeness (QED) is 0.859. The fourth-order valence-electron chi connectivity index (χ4n) is 2.43. The normalized spacial score (nSPS) is 18.4. The number of nitrogens with zero attached hydrogens (tertiary/aromatic N) is 1. The molecule has 1 atom stereocenters. The van der Waals surface area contributed by atoms with Crippen LogP contribution in [0.5, 0.6) is 0 Å². The molecular weight excluding hydrogens is 212 g/mol. The van der Waals surface area contributed by atoms with Crippen molar-refractivity contribution in [2.75, 3.05) is 0 Å². The molecule has 3 nitrogen and oxygen atoms in total. The van der Waals surface area contributed by atoms with Gasteiger partial charge in [0.2, 0.25) is 0 Å². The molecule has 88 valence electrons. The van der Waals surface area contributed by atoms with Crippen molar-refractivity contribution in [2.24, 2.45) is 5.73 Å². The van der Waals surface area contributed by atoms with Crippen molar-refractivity contribution in [1.82, 2.24) is 5.16 Å². The zero-order valence-electron chi connectivity index (χ0n) is 9.94. The van der Waals surface area contributed by atoms with Gasteiger partial charge < -0.3 is 10.3 Å². The molecule has 2 aromatic rings. The summed E-state index contributed by atoms with van der Waals surface area (Å²) in [6.07, 6.45) is 3.00. The second-order valence-corrected chi connectivity index (χ2v) is 4.59. The summed E-state index contributed by atoms with van der Waals surface area (Å²) >= 11 is 0. The largest absolute Gasteiger partial charge is 0.361 e. The molecule has 2 N–H and O–H groups in total. The minimum Gasteiger partial charge on any atom is -0.361 e. The van der Waals surface area contributed by atoms with Gasteiger partial charge in [0.1, 0.15) is 11.5 Å². The number of fused-ring (bicyclic) bond motifs is 1. The minimum absolute atomic E-state index is 0.211. The van der Waals surface area contributed by atoms with Gasteiger partial charge in [-0.05, 0) is 30.0 Å². The van der Waals surface area contributed by atoms with Gasteiger partial charge in [0.15, 0.2) is 0 Å². The van der Waals surface area contributed by atoms with E-state index >= 15 is 0 Å². The lowest BCUT2D eigenvalue weighted by Crippen LogP contribution is -2.04. The Bertz CT molecular complexity index is 545. The average Bonchev–Trinajstić information content (AvgIpc) is 2.96. The van der Waals surface area contributed by atoms with E-state index in [0.29, 0.717) is 0 Å². The van der Waals surface area contributed by atoms with Crippen LogP contribution < -0.4 is 5.73 Å². The van der Waals surface area contributed by atoms with Crippen molar-refractivity contribution in [3.8, 4) is 11.3 Å². The Labute approximate surface area is 101 Å². The zero-order valence-corrected chi connectivity index (χ0v) is 9.94. The van der Waals surface area contributed by atoms with Crippen molar-refractivity contribution in [3.05, 3.63) is 41.2 Å². The predicted molar refractivity (Wildman–Crippen MR) is 66.6 cm³/mol. The van der Waals surface area contributed by atoms with Gasteiger partial charge >= 0.3 is 0 Å². The van der Waals surface area contributed by atoms with Gasteiger partial charge in [-0.3, -0.25) is 0 Å². The van der Waals surface area contributed by atoms with Crippen LogP contribution in [0.2, 0.25) is 0 Å². The molecule has 3 heteroatoms. The van der Waals surface area contributed by atoms with Crippen LogP contribution in [0.4, 0.5) is 0 Å². The van der Waals surface area contributed by atoms with Crippen LogP contribution in [0.15, 0.2) is 28.8 Å². The van der Waals surface area contributed by atoms with Gasteiger partial charge in [-0.1, -0.05) is 24.2 Å². The lowest BCUT2D eigenvalue weighted by Gasteiger charge is -2.05. The number of rotatable bonds is 2. The molecule has 0 saturated heterocycles. The SMILES string of the molecule is CCc1cc(-c2ccc3c(c2)CCC3N)no1. The molecular formula is C14H16N2O. The van der Waals surface area contributed by atoms with E-state index in [1.807, 2.05) is 6.07 Å². The van der Waals surface area contributed by atoms with Crippen molar-refractivity contribution >= 4 is 0 Å². The summed E-state index contributed by atoms with van der Waals surface area (Å²) in [6.45, 7) is 2.06. The molecule has 0 aliphatic heterocycles. The Kier molecular flexibility index (Phi) is 2.48. The number of benzene rings is 1. The topological polar surface area (TPSA) is 52.0 Å². The first-order chi connectivity index (χ1) is 8.28. The molecule has 0 radical (unpaired) electrons. The Morgan fingerprint density at radius 3 is 3.06 bits per heavy atom. The fourth-order valence-corrected chi connectivity index (χ4v) is 2.43. The molecule has 1 unspecified atom stereocenters. The van der Waals surface area contributed by atoms with Crippen LogP contribution in [-0.4, -0.2) is 5.16 Å². The highest BCUT2D eigenvalue weighted by Gasteiger charge is 2.19. The van der Waals surface area contributed by atoms with Gasteiger partial charge in [0.25, 0.3) is 0 Å². The summed E-state index contributed by atoms with van der Waals surface area (Å²) < 4.78 is 5.23. The Balaban J connectivity index is 1.99. The third-order valence-electron chi connectivity index (χ3n) is 3.47. The number of hydrogen-bond acceptors (Lipinski definition) is 3. The van der Waals surface area contributed by atoms with Gasteiger partial charge in [-0.25, -0.2) is 0 Å². The van der Waals surface area contributed by atoms with Gasteiger partial charge in [0.05, 0.1) is 0 Å². The second-order valence-electron chi connectivity index (χ2n) is 4.59. The minimum atomic E-state index is 0.211. The molecule has 17 heavy (non-hydrogen) atoms. The molecule has 1 aromatic heterocycles.